The Morgan fingerprint density at radius 2 is 1.85 bits per heavy atom. The standard InChI is InChI=1S/C23H15F3N6OS/c24-23(25,26)12-32-11-16(10-29-32)17-8-9-27-20-18(17)2-1-3-19(20)31-21(33)14-4-6-15(7-5-14)22-28-13-30-34-22/h1-11,13H,12H2,(H,31,33). The Hall–Kier alpha value is -4.12. The molecular weight excluding hydrogens is 465 g/mol. The van der Waals surface area contributed by atoms with Gasteiger partial charge in [-0.3, -0.25) is 14.5 Å². The average Bonchev–Trinajstić information content (AvgIpc) is 3.50. The molecule has 2 aromatic carbocycles. The lowest BCUT2D eigenvalue weighted by Gasteiger charge is -2.11. The molecule has 5 rings (SSSR count). The van der Waals surface area contributed by atoms with Crippen molar-refractivity contribution in [1.82, 2.24) is 24.1 Å². The van der Waals surface area contributed by atoms with Gasteiger partial charge in [-0.1, -0.05) is 24.3 Å². The molecule has 0 saturated carbocycles. The van der Waals surface area contributed by atoms with E-state index in [4.69, 9.17) is 0 Å². The van der Waals surface area contributed by atoms with Crippen LogP contribution in [0, 0.1) is 0 Å². The van der Waals surface area contributed by atoms with Crippen molar-refractivity contribution in [2.45, 2.75) is 12.7 Å². The van der Waals surface area contributed by atoms with Gasteiger partial charge in [0.1, 0.15) is 17.9 Å². The molecule has 3 aromatic heterocycles. The van der Waals surface area contributed by atoms with Crippen molar-refractivity contribution in [3.05, 3.63) is 79.0 Å². The normalized spacial score (nSPS) is 11.6. The highest BCUT2D eigenvalue weighted by Gasteiger charge is 2.28. The minimum absolute atomic E-state index is 0.318. The molecule has 0 fully saturated rings. The van der Waals surface area contributed by atoms with Gasteiger partial charge in [-0.25, -0.2) is 4.98 Å². The summed E-state index contributed by atoms with van der Waals surface area (Å²) in [5.74, 6) is -0.318. The van der Waals surface area contributed by atoms with Crippen molar-refractivity contribution >= 4 is 34.0 Å². The predicted molar refractivity (Wildman–Crippen MR) is 122 cm³/mol. The quantitative estimate of drug-likeness (QED) is 0.363. The van der Waals surface area contributed by atoms with E-state index in [2.05, 4.69) is 24.8 Å². The highest BCUT2D eigenvalue weighted by molar-refractivity contribution is 7.09. The largest absolute Gasteiger partial charge is 0.408 e. The first-order chi connectivity index (χ1) is 16.4. The van der Waals surface area contributed by atoms with Crippen LogP contribution in [0.1, 0.15) is 10.4 Å². The number of hydrogen-bond acceptors (Lipinski definition) is 6. The van der Waals surface area contributed by atoms with E-state index in [9.17, 15) is 18.0 Å². The molecule has 3 heterocycles. The summed E-state index contributed by atoms with van der Waals surface area (Å²) in [6, 6.07) is 14.0. The number of hydrogen-bond donors (Lipinski definition) is 1. The number of carbonyl (C=O) groups is 1. The number of aromatic nitrogens is 5. The zero-order chi connectivity index (χ0) is 23.7. The number of benzene rings is 2. The van der Waals surface area contributed by atoms with Crippen LogP contribution >= 0.6 is 11.5 Å². The maximum absolute atomic E-state index is 12.9. The second-order valence-corrected chi connectivity index (χ2v) is 8.16. The zero-order valence-electron chi connectivity index (χ0n) is 17.3. The lowest BCUT2D eigenvalue weighted by molar-refractivity contribution is -0.142. The number of nitrogens with one attached hydrogen (secondary N) is 1. The molecule has 0 unspecified atom stereocenters. The van der Waals surface area contributed by atoms with E-state index in [0.717, 1.165) is 15.3 Å². The van der Waals surface area contributed by atoms with E-state index in [0.29, 0.717) is 33.3 Å². The Kier molecular flexibility index (Phi) is 5.54. The Bertz CT molecular complexity index is 1460. The SMILES string of the molecule is O=C(Nc1cccc2c(-c3cnn(CC(F)(F)F)c3)ccnc12)c1ccc(-c2ncns2)cc1. The zero-order valence-corrected chi connectivity index (χ0v) is 18.1. The maximum atomic E-state index is 12.9. The van der Waals surface area contributed by atoms with Crippen LogP contribution in [0.3, 0.4) is 0 Å². The fraction of sp³-hybridized carbons (Fsp3) is 0.0870. The van der Waals surface area contributed by atoms with Crippen LogP contribution in [0.2, 0.25) is 0 Å². The number of pyridine rings is 1. The maximum Gasteiger partial charge on any atom is 0.408 e. The summed E-state index contributed by atoms with van der Waals surface area (Å²) < 4.78 is 42.9. The van der Waals surface area contributed by atoms with Gasteiger partial charge in [0.15, 0.2) is 0 Å². The molecular formula is C23H15F3N6OS. The smallest absolute Gasteiger partial charge is 0.320 e. The van der Waals surface area contributed by atoms with E-state index >= 15 is 0 Å². The average molecular weight is 480 g/mol. The Labute approximate surface area is 195 Å². The first-order valence-electron chi connectivity index (χ1n) is 10.0. The van der Waals surface area contributed by atoms with Crippen molar-refractivity contribution in [1.29, 1.82) is 0 Å². The Morgan fingerprint density at radius 3 is 2.59 bits per heavy atom. The minimum atomic E-state index is -4.36. The van der Waals surface area contributed by atoms with E-state index in [1.54, 1.807) is 54.7 Å². The summed E-state index contributed by atoms with van der Waals surface area (Å²) in [5.41, 5.74) is 3.50. The molecule has 0 bridgehead atoms. The van der Waals surface area contributed by atoms with Gasteiger partial charge in [0.2, 0.25) is 0 Å². The number of carbonyl (C=O) groups excluding carboxylic acids is 1. The number of fused-ring (bicyclic) bond motifs is 1. The van der Waals surface area contributed by atoms with Gasteiger partial charge in [-0.15, -0.1) is 0 Å². The molecule has 34 heavy (non-hydrogen) atoms. The van der Waals surface area contributed by atoms with Gasteiger partial charge in [-0.05, 0) is 41.4 Å². The molecule has 170 valence electrons. The predicted octanol–water partition coefficient (Wildman–Crippen LogP) is 5.43. The number of rotatable bonds is 5. The molecule has 11 heteroatoms. The van der Waals surface area contributed by atoms with Gasteiger partial charge in [0.05, 0.1) is 17.4 Å². The van der Waals surface area contributed by atoms with E-state index < -0.39 is 12.7 Å². The molecule has 1 N–H and O–H groups in total. The van der Waals surface area contributed by atoms with Crippen LogP contribution in [0.25, 0.3) is 32.6 Å². The summed E-state index contributed by atoms with van der Waals surface area (Å²) >= 11 is 1.27. The fourth-order valence-electron chi connectivity index (χ4n) is 3.56. The second kappa shape index (κ2) is 8.67. The van der Waals surface area contributed by atoms with Crippen molar-refractivity contribution in [2.24, 2.45) is 0 Å². The number of anilines is 1. The summed E-state index contributed by atoms with van der Waals surface area (Å²) in [5, 5.41) is 8.13. The molecule has 0 aliphatic carbocycles. The van der Waals surface area contributed by atoms with E-state index in [-0.39, 0.29) is 5.91 Å². The minimum Gasteiger partial charge on any atom is -0.320 e. The third-order valence-electron chi connectivity index (χ3n) is 5.06. The summed E-state index contributed by atoms with van der Waals surface area (Å²) in [6.45, 7) is -1.17. The van der Waals surface area contributed by atoms with Gasteiger partial charge in [0.25, 0.3) is 5.91 Å². The number of nitrogens with zero attached hydrogens (tertiary/aromatic N) is 5. The second-order valence-electron chi connectivity index (χ2n) is 7.38. The van der Waals surface area contributed by atoms with Crippen molar-refractivity contribution in [2.75, 3.05) is 5.32 Å². The van der Waals surface area contributed by atoms with Crippen molar-refractivity contribution in [3.8, 4) is 21.7 Å². The van der Waals surface area contributed by atoms with Crippen molar-refractivity contribution < 1.29 is 18.0 Å². The van der Waals surface area contributed by atoms with Crippen LogP contribution in [0.15, 0.2) is 73.4 Å². The van der Waals surface area contributed by atoms with Gasteiger partial charge >= 0.3 is 6.18 Å². The summed E-state index contributed by atoms with van der Waals surface area (Å²) in [7, 11) is 0. The molecule has 7 nitrogen and oxygen atoms in total. The summed E-state index contributed by atoms with van der Waals surface area (Å²) in [4.78, 5) is 21.4. The molecule has 0 aliphatic rings. The molecule has 0 aliphatic heterocycles. The number of halogens is 3. The topological polar surface area (TPSA) is 85.6 Å². The Balaban J connectivity index is 1.42. The van der Waals surface area contributed by atoms with Crippen LogP contribution < -0.4 is 5.32 Å². The van der Waals surface area contributed by atoms with Crippen molar-refractivity contribution in [3.63, 3.8) is 0 Å². The third-order valence-corrected chi connectivity index (χ3v) is 5.77. The molecule has 0 saturated heterocycles. The van der Waals surface area contributed by atoms with Crippen LogP contribution in [-0.2, 0) is 6.54 Å². The molecule has 1 amide bonds. The van der Waals surface area contributed by atoms with Gasteiger partial charge in [0, 0.05) is 34.5 Å². The van der Waals surface area contributed by atoms with E-state index in [1.165, 1.54) is 30.3 Å². The molecule has 0 spiro atoms. The summed E-state index contributed by atoms with van der Waals surface area (Å²) in [6.07, 6.45) is 1.38. The van der Waals surface area contributed by atoms with E-state index in [1.807, 2.05) is 0 Å². The molecule has 0 radical (unpaired) electrons. The highest BCUT2D eigenvalue weighted by Crippen LogP contribution is 2.31. The lowest BCUT2D eigenvalue weighted by Crippen LogP contribution is -2.17. The van der Waals surface area contributed by atoms with Crippen LogP contribution in [-0.4, -0.2) is 36.2 Å². The third kappa shape index (κ3) is 4.50. The molecule has 5 aromatic rings. The number of para-hydroxylation sites is 1. The molecule has 0 atom stereocenters. The van der Waals surface area contributed by atoms with Crippen LogP contribution in [0.5, 0.6) is 0 Å². The van der Waals surface area contributed by atoms with Gasteiger partial charge < -0.3 is 5.32 Å². The fourth-order valence-corrected chi connectivity index (χ4v) is 4.09. The first kappa shape index (κ1) is 21.7. The van der Waals surface area contributed by atoms with Gasteiger partial charge in [-0.2, -0.15) is 22.6 Å². The Morgan fingerprint density at radius 1 is 1.03 bits per heavy atom. The number of alkyl halides is 3. The van der Waals surface area contributed by atoms with Crippen LogP contribution in [0.4, 0.5) is 18.9 Å². The number of amides is 1. The first-order valence-corrected chi connectivity index (χ1v) is 10.8. The monoisotopic (exact) mass is 480 g/mol. The highest BCUT2D eigenvalue weighted by atomic mass is 32.1. The lowest BCUT2D eigenvalue weighted by atomic mass is 10.0.